The van der Waals surface area contributed by atoms with Crippen molar-refractivity contribution in [1.82, 2.24) is 14.9 Å². The smallest absolute Gasteiger partial charge is 0.227 e. The number of benzene rings is 1. The summed E-state index contributed by atoms with van der Waals surface area (Å²) in [6, 6.07) is 3.60. The quantitative estimate of drug-likeness (QED) is 0.473. The Hall–Kier alpha value is -2.97. The molecule has 3 rings (SSSR count). The second kappa shape index (κ2) is 7.94. The van der Waals surface area contributed by atoms with Crippen LogP contribution in [0.4, 0.5) is 11.8 Å². The maximum Gasteiger partial charge on any atom is 0.227 e. The first-order valence-electron chi connectivity index (χ1n) is 8.33. The van der Waals surface area contributed by atoms with Gasteiger partial charge in [0.05, 0.1) is 19.7 Å². The van der Waals surface area contributed by atoms with Crippen LogP contribution < -0.4 is 20.1 Å². The molecule has 138 valence electrons. The van der Waals surface area contributed by atoms with Crippen LogP contribution in [-0.4, -0.2) is 68.4 Å². The average molecular weight is 358 g/mol. The number of hydrogen-bond donors (Lipinski definition) is 1. The lowest BCUT2D eigenvalue weighted by Gasteiger charge is -2.34. The highest BCUT2D eigenvalue weighted by molar-refractivity contribution is 5.91. The molecule has 0 aliphatic carbocycles. The summed E-state index contributed by atoms with van der Waals surface area (Å²) in [6.07, 6.45) is 0. The predicted octanol–water partition coefficient (Wildman–Crippen LogP) is 1.66. The Kier molecular flexibility index (Phi) is 5.45. The zero-order chi connectivity index (χ0) is 18.5. The van der Waals surface area contributed by atoms with Gasteiger partial charge in [-0.2, -0.15) is 4.98 Å². The van der Waals surface area contributed by atoms with Crippen LogP contribution in [0, 0.1) is 0 Å². The van der Waals surface area contributed by atoms with Gasteiger partial charge in [-0.05, 0) is 11.6 Å². The summed E-state index contributed by atoms with van der Waals surface area (Å²) in [7, 11) is 3.17. The molecule has 1 aromatic carbocycles. The number of nitrogens with zero attached hydrogens (tertiary/aromatic N) is 7. The van der Waals surface area contributed by atoms with Crippen LogP contribution in [0.1, 0.15) is 0 Å². The molecule has 2 heterocycles. The van der Waals surface area contributed by atoms with E-state index >= 15 is 0 Å². The second-order valence-corrected chi connectivity index (χ2v) is 5.92. The molecule has 0 saturated carbocycles. The van der Waals surface area contributed by atoms with E-state index < -0.39 is 0 Å². The monoisotopic (exact) mass is 358 g/mol. The number of hydrogen-bond acceptors (Lipinski definition) is 8. The number of ether oxygens (including phenoxy) is 2. The highest BCUT2D eigenvalue weighted by Gasteiger charge is 2.20. The van der Waals surface area contributed by atoms with Crippen molar-refractivity contribution in [1.29, 1.82) is 0 Å². The molecule has 2 N–H and O–H groups in total. The van der Waals surface area contributed by atoms with Crippen LogP contribution in [0.2, 0.25) is 0 Å². The molecule has 0 atom stereocenters. The molecule has 1 aromatic heterocycles. The highest BCUT2D eigenvalue weighted by atomic mass is 16.5. The first kappa shape index (κ1) is 17.8. The second-order valence-electron chi connectivity index (χ2n) is 5.92. The zero-order valence-corrected chi connectivity index (χ0v) is 14.9. The van der Waals surface area contributed by atoms with Crippen molar-refractivity contribution in [3.8, 4) is 11.5 Å². The number of azide groups is 1. The summed E-state index contributed by atoms with van der Waals surface area (Å²) in [4.78, 5) is 16.3. The fraction of sp³-hybridized carbons (Fsp3) is 0.500. The van der Waals surface area contributed by atoms with Gasteiger partial charge in [0, 0.05) is 55.6 Å². The maximum atomic E-state index is 8.36. The van der Waals surface area contributed by atoms with Crippen molar-refractivity contribution >= 4 is 22.7 Å². The molecular formula is C16H22N8O2. The molecule has 10 nitrogen and oxygen atoms in total. The number of nitrogen functional groups attached to an aromatic ring is 1. The lowest BCUT2D eigenvalue weighted by molar-refractivity contribution is 0.263. The number of nitrogens with two attached hydrogens (primary N) is 1. The van der Waals surface area contributed by atoms with E-state index in [1.807, 2.05) is 6.07 Å². The first-order chi connectivity index (χ1) is 12.7. The standard InChI is InChI=1S/C16H22N8O2/c1-25-13-9-11-12(10-14(13)26-2)20-16(21-15(11)17)24-7-5-23(6-8-24)4-3-19-22-18/h9-10H,3-8H2,1-2H3,(H2,17,20,21). The molecule has 0 amide bonds. The molecule has 26 heavy (non-hydrogen) atoms. The van der Waals surface area contributed by atoms with E-state index in [1.54, 1.807) is 20.3 Å². The Balaban J connectivity index is 1.80. The number of piperazine rings is 1. The van der Waals surface area contributed by atoms with Crippen LogP contribution in [0.15, 0.2) is 17.2 Å². The molecular weight excluding hydrogens is 336 g/mol. The average Bonchev–Trinajstić information content (AvgIpc) is 2.67. The molecule has 1 saturated heterocycles. The minimum Gasteiger partial charge on any atom is -0.493 e. The summed E-state index contributed by atoms with van der Waals surface area (Å²) >= 11 is 0. The van der Waals surface area contributed by atoms with E-state index in [9.17, 15) is 0 Å². The topological polar surface area (TPSA) is 126 Å². The van der Waals surface area contributed by atoms with Gasteiger partial charge in [-0.3, -0.25) is 4.90 Å². The Morgan fingerprint density at radius 3 is 2.50 bits per heavy atom. The molecule has 0 spiro atoms. The van der Waals surface area contributed by atoms with Gasteiger partial charge < -0.3 is 20.1 Å². The van der Waals surface area contributed by atoms with Crippen molar-refractivity contribution in [2.75, 3.05) is 64.1 Å². The number of aromatic nitrogens is 2. The molecule has 2 aromatic rings. The van der Waals surface area contributed by atoms with Crippen molar-refractivity contribution in [2.24, 2.45) is 5.11 Å². The normalized spacial score (nSPS) is 14.9. The third-order valence-electron chi connectivity index (χ3n) is 4.45. The highest BCUT2D eigenvalue weighted by Crippen LogP contribution is 2.34. The fourth-order valence-electron chi connectivity index (χ4n) is 3.01. The van der Waals surface area contributed by atoms with E-state index in [2.05, 4.69) is 29.8 Å². The van der Waals surface area contributed by atoms with Gasteiger partial charge in [0.15, 0.2) is 11.5 Å². The van der Waals surface area contributed by atoms with Crippen LogP contribution in [-0.2, 0) is 0 Å². The lowest BCUT2D eigenvalue weighted by atomic mass is 10.2. The van der Waals surface area contributed by atoms with Gasteiger partial charge >= 0.3 is 0 Å². The summed E-state index contributed by atoms with van der Waals surface area (Å²) in [5.41, 5.74) is 15.2. The van der Waals surface area contributed by atoms with E-state index in [1.165, 1.54) is 0 Å². The molecule has 0 radical (unpaired) electrons. The largest absolute Gasteiger partial charge is 0.493 e. The van der Waals surface area contributed by atoms with Crippen molar-refractivity contribution < 1.29 is 9.47 Å². The minimum atomic E-state index is 0.414. The molecule has 0 unspecified atom stereocenters. The third kappa shape index (κ3) is 3.66. The Morgan fingerprint density at radius 1 is 1.15 bits per heavy atom. The Labute approximate surface area is 151 Å². The number of methoxy groups -OCH3 is 2. The summed E-state index contributed by atoms with van der Waals surface area (Å²) in [6.45, 7) is 4.53. The molecule has 0 bridgehead atoms. The van der Waals surface area contributed by atoms with Crippen molar-refractivity contribution in [3.05, 3.63) is 22.6 Å². The van der Waals surface area contributed by atoms with E-state index in [0.29, 0.717) is 29.8 Å². The van der Waals surface area contributed by atoms with Gasteiger partial charge in [0.2, 0.25) is 5.95 Å². The number of fused-ring (bicyclic) bond motifs is 1. The number of anilines is 2. The zero-order valence-electron chi connectivity index (χ0n) is 14.9. The van der Waals surface area contributed by atoms with E-state index in [0.717, 1.165) is 43.6 Å². The van der Waals surface area contributed by atoms with Crippen molar-refractivity contribution in [3.63, 3.8) is 0 Å². The SMILES string of the molecule is COc1cc2nc(N3CCN(CCN=[N+]=[N-])CC3)nc(N)c2cc1OC. The first-order valence-corrected chi connectivity index (χ1v) is 8.33. The van der Waals surface area contributed by atoms with Gasteiger partial charge in [0.1, 0.15) is 5.82 Å². The maximum absolute atomic E-state index is 8.36. The van der Waals surface area contributed by atoms with Gasteiger partial charge in [-0.25, -0.2) is 4.98 Å². The van der Waals surface area contributed by atoms with Crippen LogP contribution in [0.3, 0.4) is 0 Å². The van der Waals surface area contributed by atoms with Crippen LogP contribution >= 0.6 is 0 Å². The fourth-order valence-corrected chi connectivity index (χ4v) is 3.01. The van der Waals surface area contributed by atoms with Crippen LogP contribution in [0.25, 0.3) is 21.3 Å². The van der Waals surface area contributed by atoms with Crippen LogP contribution in [0.5, 0.6) is 11.5 Å². The summed E-state index contributed by atoms with van der Waals surface area (Å²) < 4.78 is 10.7. The van der Waals surface area contributed by atoms with Crippen molar-refractivity contribution in [2.45, 2.75) is 0 Å². The Bertz CT molecular complexity index is 829. The predicted molar refractivity (Wildman–Crippen MR) is 99.7 cm³/mol. The number of rotatable bonds is 6. The minimum absolute atomic E-state index is 0.414. The summed E-state index contributed by atoms with van der Waals surface area (Å²) in [5.74, 6) is 2.22. The molecule has 1 aliphatic rings. The molecule has 10 heteroatoms. The molecule has 1 aliphatic heterocycles. The third-order valence-corrected chi connectivity index (χ3v) is 4.45. The van der Waals surface area contributed by atoms with Gasteiger partial charge in [-0.15, -0.1) is 0 Å². The Morgan fingerprint density at radius 2 is 1.85 bits per heavy atom. The van der Waals surface area contributed by atoms with Gasteiger partial charge in [0.25, 0.3) is 0 Å². The summed E-state index contributed by atoms with van der Waals surface area (Å²) in [5, 5.41) is 4.32. The van der Waals surface area contributed by atoms with Gasteiger partial charge in [-0.1, -0.05) is 5.11 Å². The lowest BCUT2D eigenvalue weighted by Crippen LogP contribution is -2.47. The molecule has 1 fully saturated rings. The van der Waals surface area contributed by atoms with E-state index in [4.69, 9.17) is 20.7 Å². The van der Waals surface area contributed by atoms with E-state index in [-0.39, 0.29) is 0 Å².